The van der Waals surface area contributed by atoms with E-state index in [1.165, 1.54) is 0 Å². The lowest BCUT2D eigenvalue weighted by Gasteiger charge is -2.35. The van der Waals surface area contributed by atoms with Crippen LogP contribution >= 0.6 is 0 Å². The number of ether oxygens (including phenoxy) is 3. The number of halogens is 2. The molecule has 1 aliphatic heterocycles. The molecule has 1 heterocycles. The zero-order valence-electron chi connectivity index (χ0n) is 19.1. The van der Waals surface area contributed by atoms with Gasteiger partial charge in [-0.25, -0.2) is 13.6 Å². The third-order valence-electron chi connectivity index (χ3n) is 5.20. The van der Waals surface area contributed by atoms with E-state index < -0.39 is 22.8 Å². The van der Waals surface area contributed by atoms with Crippen molar-refractivity contribution < 1.29 is 37.7 Å². The first-order chi connectivity index (χ1) is 16.9. The third-order valence-corrected chi connectivity index (χ3v) is 5.20. The number of hydrogen-bond donors (Lipinski definition) is 0. The molecule has 0 atom stereocenters. The fourth-order valence-electron chi connectivity index (χ4n) is 3.39. The second-order valence-electron chi connectivity index (χ2n) is 7.62. The number of unbranched alkanes of at least 4 members (excludes halogenated alkanes) is 1. The Morgan fingerprint density at radius 3 is 2.31 bits per heavy atom. The number of nitrogens with zero attached hydrogens (tertiary/aromatic N) is 3. The average molecular weight is 495 g/mol. The van der Waals surface area contributed by atoms with Crippen LogP contribution in [0.3, 0.4) is 0 Å². The molecule has 0 saturated carbocycles. The molecule has 1 saturated heterocycles. The molecular formula is C23H27F2N3O7. The molecule has 1 aliphatic rings. The molecule has 0 N–H and O–H groups in total. The average Bonchev–Trinajstić information content (AvgIpc) is 2.86. The lowest BCUT2D eigenvalue weighted by molar-refractivity contribution is -0.757. The van der Waals surface area contributed by atoms with E-state index in [9.17, 15) is 23.7 Å². The molecule has 0 spiro atoms. The molecule has 12 heteroatoms. The Kier molecular flexibility index (Phi) is 9.69. The fourth-order valence-corrected chi connectivity index (χ4v) is 3.39. The van der Waals surface area contributed by atoms with E-state index in [4.69, 9.17) is 14.2 Å². The van der Waals surface area contributed by atoms with Crippen molar-refractivity contribution in [3.8, 4) is 11.5 Å². The highest BCUT2D eigenvalue weighted by Gasteiger charge is 2.22. The van der Waals surface area contributed by atoms with Gasteiger partial charge in [-0.3, -0.25) is 0 Å². The smallest absolute Gasteiger partial charge is 0.409 e. The van der Waals surface area contributed by atoms with Gasteiger partial charge in [0, 0.05) is 37.9 Å². The summed E-state index contributed by atoms with van der Waals surface area (Å²) in [5.74, 6) is -0.754. The summed E-state index contributed by atoms with van der Waals surface area (Å²) in [4.78, 5) is 30.2. The van der Waals surface area contributed by atoms with E-state index in [1.54, 1.807) is 17.0 Å². The number of amides is 1. The second-order valence-corrected chi connectivity index (χ2v) is 7.62. The van der Waals surface area contributed by atoms with E-state index in [0.717, 1.165) is 23.9 Å². The van der Waals surface area contributed by atoms with Crippen LogP contribution in [0.4, 0.5) is 19.3 Å². The minimum absolute atomic E-state index is 0.0181. The Bertz CT molecular complexity index is 970. The van der Waals surface area contributed by atoms with E-state index in [2.05, 4.69) is 9.74 Å². The summed E-state index contributed by atoms with van der Waals surface area (Å²) in [5, 5.41) is 9.22. The zero-order valence-corrected chi connectivity index (χ0v) is 19.1. The summed E-state index contributed by atoms with van der Waals surface area (Å²) in [6.45, 7) is 2.69. The monoisotopic (exact) mass is 495 g/mol. The van der Waals surface area contributed by atoms with E-state index in [1.807, 2.05) is 12.1 Å². The molecule has 0 radical (unpaired) electrons. The van der Waals surface area contributed by atoms with Crippen LogP contribution in [-0.2, 0) is 9.57 Å². The Hall–Kier alpha value is -3.83. The highest BCUT2D eigenvalue weighted by molar-refractivity contribution is 5.68. The molecule has 3 rings (SSSR count). The molecule has 2 aromatic rings. The van der Waals surface area contributed by atoms with E-state index in [-0.39, 0.29) is 32.2 Å². The number of carbonyl (C=O) groups excluding carboxylic acids is 1. The molecule has 1 amide bonds. The van der Waals surface area contributed by atoms with Gasteiger partial charge in [0.15, 0.2) is 11.6 Å². The van der Waals surface area contributed by atoms with Crippen molar-refractivity contribution >= 4 is 11.8 Å². The maximum Gasteiger partial charge on any atom is 0.409 e. The number of carbonyl (C=O) groups is 1. The summed E-state index contributed by atoms with van der Waals surface area (Å²) in [5.41, 5.74) is 0.981. The van der Waals surface area contributed by atoms with Crippen LogP contribution in [0.25, 0.3) is 0 Å². The second kappa shape index (κ2) is 13.2. The molecule has 190 valence electrons. The molecule has 35 heavy (non-hydrogen) atoms. The maximum atomic E-state index is 13.5. The number of anilines is 1. The van der Waals surface area contributed by atoms with Crippen molar-refractivity contribution in [2.45, 2.75) is 12.8 Å². The van der Waals surface area contributed by atoms with E-state index >= 15 is 0 Å². The van der Waals surface area contributed by atoms with Crippen molar-refractivity contribution in [2.75, 3.05) is 57.5 Å². The summed E-state index contributed by atoms with van der Waals surface area (Å²) < 4.78 is 42.7. The molecule has 0 aliphatic carbocycles. The van der Waals surface area contributed by atoms with Crippen LogP contribution in [0, 0.1) is 21.7 Å². The third kappa shape index (κ3) is 8.47. The highest BCUT2D eigenvalue weighted by Crippen LogP contribution is 2.22. The lowest BCUT2D eigenvalue weighted by atomic mass is 10.2. The van der Waals surface area contributed by atoms with Gasteiger partial charge in [0.25, 0.3) is 5.09 Å². The summed E-state index contributed by atoms with van der Waals surface area (Å²) in [6.07, 6.45) is 0.520. The fraction of sp³-hybridized carbons (Fsp3) is 0.435. The molecule has 0 unspecified atom stereocenters. The number of hydrogen-bond acceptors (Lipinski definition) is 8. The number of piperazine rings is 1. The van der Waals surface area contributed by atoms with Gasteiger partial charge < -0.3 is 28.8 Å². The van der Waals surface area contributed by atoms with Gasteiger partial charge in [-0.1, -0.05) is 0 Å². The zero-order chi connectivity index (χ0) is 25.0. The first-order valence-corrected chi connectivity index (χ1v) is 11.2. The predicted molar refractivity (Wildman–Crippen MR) is 121 cm³/mol. The van der Waals surface area contributed by atoms with Crippen LogP contribution in [0.1, 0.15) is 12.8 Å². The first-order valence-electron chi connectivity index (χ1n) is 11.2. The molecule has 0 bridgehead atoms. The standard InChI is InChI=1S/C23H27F2N3O7/c24-18-3-8-21(25)22(17-18)33-16-15-32-20-6-4-19(5-7-20)26-9-11-27(12-10-26)23(29)34-13-1-2-14-35-28(30)31/h3-8,17H,1-2,9-16H2. The van der Waals surface area contributed by atoms with Gasteiger partial charge in [-0.05, 0) is 49.2 Å². The first kappa shape index (κ1) is 25.8. The van der Waals surface area contributed by atoms with Gasteiger partial charge in [-0.2, -0.15) is 0 Å². The summed E-state index contributed by atoms with van der Waals surface area (Å²) in [7, 11) is 0. The SMILES string of the molecule is O=C(OCCCCO[N+](=O)[O-])N1CCN(c2ccc(OCCOc3cc(F)ccc3F)cc2)CC1. The van der Waals surface area contributed by atoms with Gasteiger partial charge in [-0.15, -0.1) is 10.1 Å². The maximum absolute atomic E-state index is 13.5. The molecule has 0 aromatic heterocycles. The van der Waals surface area contributed by atoms with Crippen molar-refractivity contribution in [1.82, 2.24) is 4.90 Å². The Morgan fingerprint density at radius 1 is 0.914 bits per heavy atom. The van der Waals surface area contributed by atoms with Gasteiger partial charge >= 0.3 is 6.09 Å². The summed E-state index contributed by atoms with van der Waals surface area (Å²) in [6, 6.07) is 10.4. The predicted octanol–water partition coefficient (Wildman–Crippen LogP) is 3.67. The van der Waals surface area contributed by atoms with E-state index in [0.29, 0.717) is 44.8 Å². The Morgan fingerprint density at radius 2 is 1.60 bits per heavy atom. The van der Waals surface area contributed by atoms with Crippen molar-refractivity contribution in [1.29, 1.82) is 0 Å². The lowest BCUT2D eigenvalue weighted by Crippen LogP contribution is -2.49. The minimum atomic E-state index is -0.846. The topological polar surface area (TPSA) is 104 Å². The quantitative estimate of drug-likeness (QED) is 0.250. The van der Waals surface area contributed by atoms with Crippen LogP contribution in [0.15, 0.2) is 42.5 Å². The molecule has 10 nitrogen and oxygen atoms in total. The minimum Gasteiger partial charge on any atom is -0.490 e. The van der Waals surface area contributed by atoms with Gasteiger partial charge in [0.2, 0.25) is 0 Å². The number of benzene rings is 2. The Balaban J connectivity index is 1.32. The van der Waals surface area contributed by atoms with Gasteiger partial charge in [0.1, 0.15) is 24.8 Å². The van der Waals surface area contributed by atoms with Crippen LogP contribution < -0.4 is 14.4 Å². The molecule has 2 aromatic carbocycles. The van der Waals surface area contributed by atoms with Crippen molar-refractivity contribution in [2.24, 2.45) is 0 Å². The van der Waals surface area contributed by atoms with Crippen molar-refractivity contribution in [3.63, 3.8) is 0 Å². The van der Waals surface area contributed by atoms with Crippen LogP contribution in [-0.4, -0.2) is 68.7 Å². The largest absolute Gasteiger partial charge is 0.490 e. The Labute approximate surface area is 201 Å². The van der Waals surface area contributed by atoms with Crippen LogP contribution in [0.5, 0.6) is 11.5 Å². The van der Waals surface area contributed by atoms with Gasteiger partial charge in [0.05, 0.1) is 13.2 Å². The molecule has 1 fully saturated rings. The van der Waals surface area contributed by atoms with Crippen LogP contribution in [0.2, 0.25) is 0 Å². The summed E-state index contributed by atoms with van der Waals surface area (Å²) >= 11 is 0. The normalized spacial score (nSPS) is 13.3. The number of rotatable bonds is 12. The van der Waals surface area contributed by atoms with Crippen molar-refractivity contribution in [3.05, 3.63) is 64.2 Å². The molecular weight excluding hydrogens is 468 g/mol. The highest BCUT2D eigenvalue weighted by atomic mass is 19.1.